The van der Waals surface area contributed by atoms with Crippen LogP contribution in [-0.2, 0) is 11.3 Å². The van der Waals surface area contributed by atoms with Gasteiger partial charge in [-0.2, -0.15) is 0 Å². The minimum atomic E-state index is -0.468. The minimum Gasteiger partial charge on any atom is -0.453 e. The molecule has 1 aliphatic rings. The predicted molar refractivity (Wildman–Crippen MR) is 83.7 cm³/mol. The van der Waals surface area contributed by atoms with Crippen molar-refractivity contribution in [2.24, 2.45) is 0 Å². The van der Waals surface area contributed by atoms with Crippen molar-refractivity contribution in [1.29, 1.82) is 0 Å². The molecule has 0 radical (unpaired) electrons. The van der Waals surface area contributed by atoms with Gasteiger partial charge in [-0.05, 0) is 48.7 Å². The number of hydrogen-bond acceptors (Lipinski definition) is 3. The number of carbonyl (C=O) groups is 1. The first-order valence-corrected chi connectivity index (χ1v) is 7.90. The lowest BCUT2D eigenvalue weighted by molar-refractivity contribution is 0.0666. The molecule has 0 bridgehead atoms. The van der Waals surface area contributed by atoms with E-state index in [1.54, 1.807) is 24.1 Å². The molecule has 2 heterocycles. The van der Waals surface area contributed by atoms with Gasteiger partial charge >= 0.3 is 0 Å². The molecule has 0 spiro atoms. The Bertz CT molecular complexity index is 729. The fourth-order valence-electron chi connectivity index (χ4n) is 3.11. The first kappa shape index (κ1) is 16.6. The first-order chi connectivity index (χ1) is 11.6. The van der Waals surface area contributed by atoms with Gasteiger partial charge in [-0.15, -0.1) is 0 Å². The molecule has 1 atom stereocenters. The number of amides is 1. The molecule has 1 aromatic carbocycles. The number of hydrogen-bond donors (Lipinski definition) is 0. The summed E-state index contributed by atoms with van der Waals surface area (Å²) in [5.74, 6) is -0.542. The number of halogens is 2. The molecule has 2 aromatic rings. The highest BCUT2D eigenvalue weighted by Crippen LogP contribution is 2.30. The molecule has 6 heteroatoms. The van der Waals surface area contributed by atoms with Crippen LogP contribution in [0, 0.1) is 11.6 Å². The maximum atomic E-state index is 14.0. The van der Waals surface area contributed by atoms with Crippen molar-refractivity contribution >= 4 is 5.91 Å². The molecular formula is C18H19F2NO3. The maximum Gasteiger partial charge on any atom is 0.289 e. The van der Waals surface area contributed by atoms with Gasteiger partial charge in [0.15, 0.2) is 5.76 Å². The van der Waals surface area contributed by atoms with E-state index in [1.807, 2.05) is 0 Å². The third kappa shape index (κ3) is 3.48. The average molecular weight is 335 g/mol. The first-order valence-electron chi connectivity index (χ1n) is 7.90. The van der Waals surface area contributed by atoms with Crippen LogP contribution in [-0.4, -0.2) is 31.0 Å². The zero-order valence-corrected chi connectivity index (χ0v) is 13.4. The van der Waals surface area contributed by atoms with Crippen molar-refractivity contribution in [3.63, 3.8) is 0 Å². The third-order valence-electron chi connectivity index (χ3n) is 4.27. The number of nitrogens with zero attached hydrogens (tertiary/aromatic N) is 1. The van der Waals surface area contributed by atoms with Crippen LogP contribution >= 0.6 is 0 Å². The fraction of sp³-hybridized carbons (Fsp3) is 0.389. The topological polar surface area (TPSA) is 42.7 Å². The van der Waals surface area contributed by atoms with E-state index in [-0.39, 0.29) is 17.6 Å². The Hall–Kier alpha value is -2.21. The summed E-state index contributed by atoms with van der Waals surface area (Å²) >= 11 is 0. The second-order valence-electron chi connectivity index (χ2n) is 5.96. The third-order valence-corrected chi connectivity index (χ3v) is 4.27. The van der Waals surface area contributed by atoms with Gasteiger partial charge in [0.1, 0.15) is 24.0 Å². The molecule has 1 unspecified atom stereocenters. The van der Waals surface area contributed by atoms with Gasteiger partial charge in [-0.25, -0.2) is 8.78 Å². The highest BCUT2D eigenvalue weighted by Gasteiger charge is 2.28. The summed E-state index contributed by atoms with van der Waals surface area (Å²) < 4.78 is 37.9. The SMILES string of the molecule is COCc1ccc(C(=O)N2CCCC(c3cc(F)ccc3F)C2)o1. The van der Waals surface area contributed by atoms with Crippen LogP contribution in [0.5, 0.6) is 0 Å². The Morgan fingerprint density at radius 1 is 1.33 bits per heavy atom. The van der Waals surface area contributed by atoms with Crippen LogP contribution in [0.1, 0.15) is 40.6 Å². The second-order valence-corrected chi connectivity index (χ2v) is 5.96. The molecule has 0 aliphatic carbocycles. The van der Waals surface area contributed by atoms with Crippen LogP contribution in [0.25, 0.3) is 0 Å². The van der Waals surface area contributed by atoms with Crippen LogP contribution in [0.3, 0.4) is 0 Å². The van der Waals surface area contributed by atoms with Crippen molar-refractivity contribution in [2.45, 2.75) is 25.4 Å². The van der Waals surface area contributed by atoms with Crippen LogP contribution in [0.15, 0.2) is 34.7 Å². The zero-order valence-electron chi connectivity index (χ0n) is 13.4. The van der Waals surface area contributed by atoms with E-state index in [2.05, 4.69) is 0 Å². The molecule has 1 saturated heterocycles. The molecule has 3 rings (SSSR count). The summed E-state index contributed by atoms with van der Waals surface area (Å²) in [5, 5.41) is 0. The van der Waals surface area contributed by atoms with Crippen molar-refractivity contribution in [2.75, 3.05) is 20.2 Å². The van der Waals surface area contributed by atoms with Gasteiger partial charge in [0.2, 0.25) is 0 Å². The number of likely N-dealkylation sites (tertiary alicyclic amines) is 1. The Labute approximate surface area is 139 Å². The van der Waals surface area contributed by atoms with E-state index in [0.29, 0.717) is 31.0 Å². The molecular weight excluding hydrogens is 316 g/mol. The molecule has 1 aliphatic heterocycles. The number of rotatable bonds is 4. The maximum absolute atomic E-state index is 14.0. The minimum absolute atomic E-state index is 0.216. The van der Waals surface area contributed by atoms with Gasteiger partial charge in [0.25, 0.3) is 5.91 Å². The lowest BCUT2D eigenvalue weighted by Gasteiger charge is -2.32. The molecule has 1 amide bonds. The standard InChI is InChI=1S/C18H19F2NO3/c1-23-11-14-5-7-17(24-14)18(22)21-8-2-3-12(10-21)15-9-13(19)4-6-16(15)20/h4-7,9,12H,2-3,8,10-11H2,1H3. The quantitative estimate of drug-likeness (QED) is 0.855. The molecule has 1 fully saturated rings. The monoisotopic (exact) mass is 335 g/mol. The highest BCUT2D eigenvalue weighted by molar-refractivity contribution is 5.91. The van der Waals surface area contributed by atoms with Crippen molar-refractivity contribution < 1.29 is 22.7 Å². The summed E-state index contributed by atoms with van der Waals surface area (Å²) in [6, 6.07) is 6.77. The summed E-state index contributed by atoms with van der Waals surface area (Å²) in [7, 11) is 1.55. The molecule has 1 aromatic heterocycles. The lowest BCUT2D eigenvalue weighted by atomic mass is 9.90. The number of ether oxygens (including phenoxy) is 1. The zero-order chi connectivity index (χ0) is 17.1. The Balaban J connectivity index is 1.75. The summed E-state index contributed by atoms with van der Waals surface area (Å²) in [6.07, 6.45) is 1.45. The number of methoxy groups -OCH3 is 1. The van der Waals surface area contributed by atoms with E-state index >= 15 is 0 Å². The molecule has 0 saturated carbocycles. The normalized spacial score (nSPS) is 18.0. The van der Waals surface area contributed by atoms with E-state index in [0.717, 1.165) is 25.0 Å². The van der Waals surface area contributed by atoms with Crippen molar-refractivity contribution in [1.82, 2.24) is 4.90 Å². The molecule has 128 valence electrons. The van der Waals surface area contributed by atoms with Gasteiger partial charge < -0.3 is 14.1 Å². The van der Waals surface area contributed by atoms with Crippen LogP contribution in [0.4, 0.5) is 8.78 Å². The van der Waals surface area contributed by atoms with Gasteiger partial charge in [0, 0.05) is 26.1 Å². The number of carbonyl (C=O) groups excluding carboxylic acids is 1. The molecule has 4 nitrogen and oxygen atoms in total. The Morgan fingerprint density at radius 2 is 2.17 bits per heavy atom. The largest absolute Gasteiger partial charge is 0.453 e. The predicted octanol–water partition coefficient (Wildman–Crippen LogP) is 3.72. The van der Waals surface area contributed by atoms with Crippen molar-refractivity contribution in [3.8, 4) is 0 Å². The number of benzene rings is 1. The average Bonchev–Trinajstić information content (AvgIpc) is 3.05. The molecule has 0 N–H and O–H groups in total. The van der Waals surface area contributed by atoms with Gasteiger partial charge in [0.05, 0.1) is 0 Å². The van der Waals surface area contributed by atoms with E-state index in [4.69, 9.17) is 9.15 Å². The van der Waals surface area contributed by atoms with Crippen molar-refractivity contribution in [3.05, 3.63) is 59.1 Å². The Morgan fingerprint density at radius 3 is 2.96 bits per heavy atom. The van der Waals surface area contributed by atoms with E-state index in [1.165, 1.54) is 6.07 Å². The Kier molecular flexibility index (Phi) is 4.94. The summed E-state index contributed by atoms with van der Waals surface area (Å²) in [4.78, 5) is 14.2. The lowest BCUT2D eigenvalue weighted by Crippen LogP contribution is -2.39. The van der Waals surface area contributed by atoms with Crippen LogP contribution in [0.2, 0.25) is 0 Å². The summed E-state index contributed by atoms with van der Waals surface area (Å²) in [5.41, 5.74) is 0.326. The fourth-order valence-corrected chi connectivity index (χ4v) is 3.11. The van der Waals surface area contributed by atoms with Crippen LogP contribution < -0.4 is 0 Å². The second kappa shape index (κ2) is 7.13. The van der Waals surface area contributed by atoms with E-state index in [9.17, 15) is 13.6 Å². The smallest absolute Gasteiger partial charge is 0.289 e. The number of piperidine rings is 1. The molecule has 24 heavy (non-hydrogen) atoms. The van der Waals surface area contributed by atoms with Gasteiger partial charge in [-0.3, -0.25) is 4.79 Å². The van der Waals surface area contributed by atoms with Gasteiger partial charge in [-0.1, -0.05) is 0 Å². The summed E-state index contributed by atoms with van der Waals surface area (Å²) in [6.45, 7) is 1.22. The van der Waals surface area contributed by atoms with E-state index < -0.39 is 11.6 Å². The number of furan rings is 1. The highest BCUT2D eigenvalue weighted by atomic mass is 19.1.